The molecule has 0 aliphatic rings. The fourth-order valence-corrected chi connectivity index (χ4v) is 0.882. The van der Waals surface area contributed by atoms with Crippen LogP contribution in [0.15, 0.2) is 18.3 Å². The van der Waals surface area contributed by atoms with Crippen LogP contribution in [-0.2, 0) is 11.4 Å². The number of hydrogen-bond donors (Lipinski definition) is 1. The quantitative estimate of drug-likeness (QED) is 0.673. The maximum Gasteiger partial charge on any atom is 0.141 e. The van der Waals surface area contributed by atoms with E-state index in [1.807, 2.05) is 12.1 Å². The van der Waals surface area contributed by atoms with Crippen LogP contribution in [0, 0.1) is 0 Å². The van der Waals surface area contributed by atoms with Crippen LogP contribution in [0.5, 0.6) is 5.75 Å². The van der Waals surface area contributed by atoms with Crippen LogP contribution in [0.4, 0.5) is 0 Å². The number of hydroxylamine groups is 1. The lowest BCUT2D eigenvalue weighted by Gasteiger charge is -2.06. The Bertz CT molecular complexity index is 240. The predicted octanol–water partition coefficient (Wildman–Crippen LogP) is 0.741. The molecule has 0 bridgehead atoms. The van der Waals surface area contributed by atoms with Gasteiger partial charge in [-0.05, 0) is 12.1 Å². The molecule has 1 aromatic heterocycles. The summed E-state index contributed by atoms with van der Waals surface area (Å²) in [5, 5.41) is 0. The van der Waals surface area contributed by atoms with Crippen LogP contribution < -0.4 is 10.2 Å². The summed E-state index contributed by atoms with van der Waals surface area (Å²) in [4.78, 5) is 8.82. The average Bonchev–Trinajstić information content (AvgIpc) is 2.15. The van der Waals surface area contributed by atoms with Gasteiger partial charge in [0.25, 0.3) is 0 Å². The van der Waals surface area contributed by atoms with Crippen LogP contribution in [0.1, 0.15) is 5.69 Å². The van der Waals surface area contributed by atoms with Gasteiger partial charge in [0.05, 0.1) is 26.5 Å². The summed E-state index contributed by atoms with van der Waals surface area (Å²) in [5.41, 5.74) is 3.53. The minimum absolute atomic E-state index is 0.542. The van der Waals surface area contributed by atoms with E-state index in [-0.39, 0.29) is 0 Å². The van der Waals surface area contributed by atoms with Crippen LogP contribution in [0.3, 0.4) is 0 Å². The third-order valence-corrected chi connectivity index (χ3v) is 1.45. The normalized spacial score (nSPS) is 9.83. The molecule has 0 saturated heterocycles. The van der Waals surface area contributed by atoms with E-state index in [1.54, 1.807) is 20.4 Å². The number of nitrogens with zero attached hydrogens (tertiary/aromatic N) is 1. The topological polar surface area (TPSA) is 43.4 Å². The molecule has 0 unspecified atom stereocenters. The summed E-state index contributed by atoms with van der Waals surface area (Å²) in [7, 11) is 3.18. The summed E-state index contributed by atoms with van der Waals surface area (Å²) in [5.74, 6) is 0.766. The highest BCUT2D eigenvalue weighted by Gasteiger charge is 2.00. The molecular weight excluding hydrogens is 156 g/mol. The second-order valence-corrected chi connectivity index (χ2v) is 2.18. The van der Waals surface area contributed by atoms with Crippen molar-refractivity contribution in [3.05, 3.63) is 24.0 Å². The van der Waals surface area contributed by atoms with Gasteiger partial charge in [-0.25, -0.2) is 0 Å². The molecule has 66 valence electrons. The zero-order valence-electron chi connectivity index (χ0n) is 7.20. The highest BCUT2D eigenvalue weighted by molar-refractivity contribution is 5.26. The molecule has 0 radical (unpaired) electrons. The Balaban J connectivity index is 2.68. The molecule has 0 fully saturated rings. The van der Waals surface area contributed by atoms with Crippen molar-refractivity contribution in [2.45, 2.75) is 6.54 Å². The molecule has 1 rings (SSSR count). The maximum atomic E-state index is 5.08. The number of hydrogen-bond acceptors (Lipinski definition) is 4. The van der Waals surface area contributed by atoms with Crippen molar-refractivity contribution in [2.75, 3.05) is 14.2 Å². The van der Waals surface area contributed by atoms with E-state index in [0.717, 1.165) is 11.4 Å². The fraction of sp³-hybridized carbons (Fsp3) is 0.375. The molecule has 0 aliphatic carbocycles. The molecule has 0 saturated carbocycles. The lowest BCUT2D eigenvalue weighted by atomic mass is 10.3. The third-order valence-electron chi connectivity index (χ3n) is 1.45. The first-order chi connectivity index (χ1) is 5.88. The Morgan fingerprint density at radius 2 is 2.33 bits per heavy atom. The molecule has 0 spiro atoms. The van der Waals surface area contributed by atoms with Gasteiger partial charge in [-0.3, -0.25) is 4.98 Å². The van der Waals surface area contributed by atoms with Gasteiger partial charge in [-0.1, -0.05) is 0 Å². The van der Waals surface area contributed by atoms with Gasteiger partial charge in [0.15, 0.2) is 0 Å². The first-order valence-electron chi connectivity index (χ1n) is 3.62. The standard InChI is InChI=1S/C8H12N2O2/c1-11-8-4-3-5-9-7(8)6-10-12-2/h3-5,10H,6H2,1-2H3. The van der Waals surface area contributed by atoms with Crippen LogP contribution in [0.2, 0.25) is 0 Å². The molecule has 4 heteroatoms. The van der Waals surface area contributed by atoms with Gasteiger partial charge in [-0.2, -0.15) is 5.48 Å². The van der Waals surface area contributed by atoms with Gasteiger partial charge in [0.1, 0.15) is 5.75 Å². The molecule has 12 heavy (non-hydrogen) atoms. The van der Waals surface area contributed by atoms with Crippen molar-refractivity contribution in [3.63, 3.8) is 0 Å². The zero-order valence-corrected chi connectivity index (χ0v) is 7.20. The predicted molar refractivity (Wildman–Crippen MR) is 44.6 cm³/mol. The molecule has 0 aliphatic heterocycles. The lowest BCUT2D eigenvalue weighted by Crippen LogP contribution is -2.12. The second kappa shape index (κ2) is 4.69. The maximum absolute atomic E-state index is 5.08. The third kappa shape index (κ3) is 2.18. The molecule has 0 amide bonds. The minimum Gasteiger partial charge on any atom is -0.495 e. The molecule has 0 aromatic carbocycles. The SMILES string of the molecule is CONCc1ncccc1OC. The van der Waals surface area contributed by atoms with Gasteiger partial charge in [0, 0.05) is 6.20 Å². The Morgan fingerprint density at radius 1 is 1.50 bits per heavy atom. The first-order valence-corrected chi connectivity index (χ1v) is 3.62. The Hall–Kier alpha value is -1.13. The largest absolute Gasteiger partial charge is 0.495 e. The minimum atomic E-state index is 0.542. The second-order valence-electron chi connectivity index (χ2n) is 2.18. The summed E-state index contributed by atoms with van der Waals surface area (Å²) >= 11 is 0. The molecule has 0 atom stereocenters. The van der Waals surface area contributed by atoms with Gasteiger partial charge < -0.3 is 9.57 Å². The van der Waals surface area contributed by atoms with E-state index in [9.17, 15) is 0 Å². The molecular formula is C8H12N2O2. The molecule has 4 nitrogen and oxygen atoms in total. The lowest BCUT2D eigenvalue weighted by molar-refractivity contribution is 0.0852. The highest BCUT2D eigenvalue weighted by Crippen LogP contribution is 2.13. The monoisotopic (exact) mass is 168 g/mol. The van der Waals surface area contributed by atoms with E-state index in [4.69, 9.17) is 9.57 Å². The Morgan fingerprint density at radius 3 is 3.00 bits per heavy atom. The van der Waals surface area contributed by atoms with Crippen LogP contribution in [0.25, 0.3) is 0 Å². The fourth-order valence-electron chi connectivity index (χ4n) is 0.882. The van der Waals surface area contributed by atoms with Crippen molar-refractivity contribution in [1.82, 2.24) is 10.5 Å². The van der Waals surface area contributed by atoms with Crippen molar-refractivity contribution in [1.29, 1.82) is 0 Å². The Labute approximate surface area is 71.5 Å². The van der Waals surface area contributed by atoms with Gasteiger partial charge in [-0.15, -0.1) is 0 Å². The highest BCUT2D eigenvalue weighted by atomic mass is 16.6. The van der Waals surface area contributed by atoms with Gasteiger partial charge in [0.2, 0.25) is 0 Å². The number of rotatable bonds is 4. The number of methoxy groups -OCH3 is 1. The summed E-state index contributed by atoms with van der Waals surface area (Å²) < 4.78 is 5.08. The number of aromatic nitrogens is 1. The number of pyridine rings is 1. The van der Waals surface area contributed by atoms with Crippen molar-refractivity contribution in [2.24, 2.45) is 0 Å². The summed E-state index contributed by atoms with van der Waals surface area (Å²) in [6, 6.07) is 3.69. The van der Waals surface area contributed by atoms with E-state index in [1.165, 1.54) is 0 Å². The molecule has 1 aromatic rings. The van der Waals surface area contributed by atoms with E-state index in [0.29, 0.717) is 6.54 Å². The van der Waals surface area contributed by atoms with Crippen molar-refractivity contribution < 1.29 is 9.57 Å². The van der Waals surface area contributed by atoms with E-state index in [2.05, 4.69) is 10.5 Å². The molecule has 1 heterocycles. The number of ether oxygens (including phenoxy) is 1. The average molecular weight is 168 g/mol. The van der Waals surface area contributed by atoms with Crippen LogP contribution in [-0.4, -0.2) is 19.2 Å². The smallest absolute Gasteiger partial charge is 0.141 e. The van der Waals surface area contributed by atoms with Crippen LogP contribution >= 0.6 is 0 Å². The summed E-state index contributed by atoms with van der Waals surface area (Å²) in [6.07, 6.45) is 1.72. The van der Waals surface area contributed by atoms with Crippen molar-refractivity contribution >= 4 is 0 Å². The Kier molecular flexibility index (Phi) is 3.50. The van der Waals surface area contributed by atoms with Crippen molar-refractivity contribution in [3.8, 4) is 5.75 Å². The summed E-state index contributed by atoms with van der Waals surface area (Å²) in [6.45, 7) is 0.542. The zero-order chi connectivity index (χ0) is 8.81. The molecule has 1 N–H and O–H groups in total. The van der Waals surface area contributed by atoms with E-state index >= 15 is 0 Å². The van der Waals surface area contributed by atoms with E-state index < -0.39 is 0 Å². The first kappa shape index (κ1) is 8.96. The number of nitrogens with one attached hydrogen (secondary N) is 1. The van der Waals surface area contributed by atoms with Gasteiger partial charge >= 0.3 is 0 Å².